The van der Waals surface area contributed by atoms with Crippen molar-refractivity contribution in [1.82, 2.24) is 20.6 Å². The highest BCUT2D eigenvalue weighted by Gasteiger charge is 2.19. The van der Waals surface area contributed by atoms with E-state index in [0.717, 1.165) is 15.2 Å². The molecule has 2 heterocycles. The molecule has 6 nitrogen and oxygen atoms in total. The number of hydrogen-bond acceptors (Lipinski definition) is 6. The van der Waals surface area contributed by atoms with Crippen LogP contribution in [0, 0.1) is 5.92 Å². The molecule has 0 bridgehead atoms. The Balaban J connectivity index is 1.94. The minimum Gasteiger partial charge on any atom is -0.338 e. The number of imide groups is 1. The monoisotopic (exact) mass is 338 g/mol. The number of carbonyl (C=O) groups excluding carboxylic acids is 2. The smallest absolute Gasteiger partial charge is 0.321 e. The first-order chi connectivity index (χ1) is 10.5. The van der Waals surface area contributed by atoms with Crippen LogP contribution in [0.5, 0.6) is 0 Å². The summed E-state index contributed by atoms with van der Waals surface area (Å²) < 4.78 is 0. The van der Waals surface area contributed by atoms with Gasteiger partial charge in [-0.25, -0.2) is 14.8 Å². The van der Waals surface area contributed by atoms with Gasteiger partial charge >= 0.3 is 6.03 Å². The summed E-state index contributed by atoms with van der Waals surface area (Å²) in [6.45, 7) is 6.25. The summed E-state index contributed by atoms with van der Waals surface area (Å²) in [6, 6.07) is 1.47. The summed E-state index contributed by atoms with van der Waals surface area (Å²) >= 11 is 2.84. The lowest BCUT2D eigenvalue weighted by Gasteiger charge is -2.12. The Kier molecular flexibility index (Phi) is 5.73. The van der Waals surface area contributed by atoms with Crippen LogP contribution in [0.2, 0.25) is 0 Å². The lowest BCUT2D eigenvalue weighted by atomic mass is 10.2. The standard InChI is InChI=1S/C14H18N4O2S2/c1-8(2)6-15-14(20)18-11(19)9(3)22-13-10-4-5-21-12(10)16-7-17-13/h4-5,7-9H,6H2,1-3H3,(H2,15,18,19,20)/t9-/m1/s1. The molecule has 0 aliphatic rings. The molecule has 0 aromatic carbocycles. The van der Waals surface area contributed by atoms with E-state index in [1.54, 1.807) is 6.92 Å². The average molecular weight is 338 g/mol. The Bertz CT molecular complexity index is 672. The Morgan fingerprint density at radius 2 is 2.09 bits per heavy atom. The number of fused-ring (bicyclic) bond motifs is 1. The number of hydrogen-bond donors (Lipinski definition) is 2. The number of amides is 3. The van der Waals surface area contributed by atoms with Gasteiger partial charge < -0.3 is 5.32 Å². The Morgan fingerprint density at radius 1 is 1.32 bits per heavy atom. The van der Waals surface area contributed by atoms with Gasteiger partial charge in [-0.15, -0.1) is 11.3 Å². The molecule has 0 radical (unpaired) electrons. The third kappa shape index (κ3) is 4.41. The summed E-state index contributed by atoms with van der Waals surface area (Å²) in [7, 11) is 0. The van der Waals surface area contributed by atoms with E-state index >= 15 is 0 Å². The van der Waals surface area contributed by atoms with Crippen molar-refractivity contribution in [2.75, 3.05) is 6.54 Å². The van der Waals surface area contributed by atoms with Gasteiger partial charge in [-0.2, -0.15) is 0 Å². The van der Waals surface area contributed by atoms with Crippen molar-refractivity contribution < 1.29 is 9.59 Å². The molecule has 3 amide bonds. The zero-order chi connectivity index (χ0) is 16.1. The quantitative estimate of drug-likeness (QED) is 0.647. The van der Waals surface area contributed by atoms with Crippen LogP contribution in [0.25, 0.3) is 10.2 Å². The summed E-state index contributed by atoms with van der Waals surface area (Å²) in [5, 5.41) is 8.19. The number of urea groups is 1. The van der Waals surface area contributed by atoms with Crippen molar-refractivity contribution in [3.05, 3.63) is 17.8 Å². The molecule has 2 N–H and O–H groups in total. The highest BCUT2D eigenvalue weighted by molar-refractivity contribution is 8.00. The fourth-order valence-electron chi connectivity index (χ4n) is 1.64. The maximum absolute atomic E-state index is 12.0. The minimum absolute atomic E-state index is 0.334. The topological polar surface area (TPSA) is 84.0 Å². The lowest BCUT2D eigenvalue weighted by molar-refractivity contribution is -0.119. The SMILES string of the molecule is CC(C)CNC(=O)NC(=O)[C@@H](C)Sc1ncnc2sccc12. The zero-order valence-corrected chi connectivity index (χ0v) is 14.3. The third-order valence-corrected chi connectivity index (χ3v) is 4.73. The first-order valence-corrected chi connectivity index (χ1v) is 8.67. The predicted octanol–water partition coefficient (Wildman–Crippen LogP) is 2.65. The first kappa shape index (κ1) is 16.7. The second kappa shape index (κ2) is 7.55. The molecule has 0 spiro atoms. The molecular formula is C14H18N4O2S2. The van der Waals surface area contributed by atoms with Crippen molar-refractivity contribution >= 4 is 45.3 Å². The van der Waals surface area contributed by atoms with Crippen LogP contribution < -0.4 is 10.6 Å². The van der Waals surface area contributed by atoms with Crippen LogP contribution in [-0.2, 0) is 4.79 Å². The van der Waals surface area contributed by atoms with Gasteiger partial charge in [0.25, 0.3) is 0 Å². The minimum atomic E-state index is -0.463. The molecule has 0 fully saturated rings. The highest BCUT2D eigenvalue weighted by Crippen LogP contribution is 2.30. The number of rotatable bonds is 5. The van der Waals surface area contributed by atoms with Gasteiger partial charge in [-0.3, -0.25) is 10.1 Å². The molecule has 0 saturated carbocycles. The molecule has 2 rings (SSSR count). The molecule has 8 heteroatoms. The number of nitrogens with one attached hydrogen (secondary N) is 2. The summed E-state index contributed by atoms with van der Waals surface area (Å²) in [4.78, 5) is 32.9. The van der Waals surface area contributed by atoms with E-state index in [1.807, 2.05) is 25.3 Å². The molecule has 2 aromatic heterocycles. The number of carbonyl (C=O) groups is 2. The maximum atomic E-state index is 12.0. The van der Waals surface area contributed by atoms with E-state index < -0.39 is 11.3 Å². The van der Waals surface area contributed by atoms with Crippen LogP contribution in [-0.4, -0.2) is 33.7 Å². The van der Waals surface area contributed by atoms with Gasteiger partial charge in [0.1, 0.15) is 16.2 Å². The van der Waals surface area contributed by atoms with Crippen molar-refractivity contribution in [1.29, 1.82) is 0 Å². The molecule has 0 unspecified atom stereocenters. The van der Waals surface area contributed by atoms with Crippen molar-refractivity contribution in [3.8, 4) is 0 Å². The van der Waals surface area contributed by atoms with Gasteiger partial charge in [-0.05, 0) is 24.3 Å². The van der Waals surface area contributed by atoms with Crippen molar-refractivity contribution in [2.45, 2.75) is 31.0 Å². The molecule has 1 atom stereocenters. The van der Waals surface area contributed by atoms with Gasteiger partial charge in [0, 0.05) is 11.9 Å². The van der Waals surface area contributed by atoms with E-state index in [0.29, 0.717) is 12.5 Å². The molecule has 118 valence electrons. The fraction of sp³-hybridized carbons (Fsp3) is 0.429. The van der Waals surface area contributed by atoms with Gasteiger partial charge in [-0.1, -0.05) is 25.6 Å². The Hall–Kier alpha value is -1.67. The molecule has 0 aliphatic carbocycles. The average Bonchev–Trinajstić information content (AvgIpc) is 2.94. The van der Waals surface area contributed by atoms with E-state index in [-0.39, 0.29) is 5.91 Å². The van der Waals surface area contributed by atoms with Gasteiger partial charge in [0.05, 0.1) is 5.25 Å². The lowest BCUT2D eigenvalue weighted by Crippen LogP contribution is -2.43. The number of nitrogens with zero attached hydrogens (tertiary/aromatic N) is 2. The van der Waals surface area contributed by atoms with E-state index in [2.05, 4.69) is 20.6 Å². The van der Waals surface area contributed by atoms with Gasteiger partial charge in [0.2, 0.25) is 5.91 Å². The van der Waals surface area contributed by atoms with E-state index in [4.69, 9.17) is 0 Å². The number of aromatic nitrogens is 2. The molecule has 22 heavy (non-hydrogen) atoms. The molecule has 0 aliphatic heterocycles. The van der Waals surface area contributed by atoms with Crippen molar-refractivity contribution in [3.63, 3.8) is 0 Å². The second-order valence-corrected chi connectivity index (χ2v) is 7.40. The largest absolute Gasteiger partial charge is 0.338 e. The second-order valence-electron chi connectivity index (χ2n) is 5.17. The van der Waals surface area contributed by atoms with Crippen LogP contribution >= 0.6 is 23.1 Å². The number of thiophene rings is 1. The molecule has 2 aromatic rings. The normalized spacial score (nSPS) is 12.4. The van der Waals surface area contributed by atoms with E-state index in [9.17, 15) is 9.59 Å². The Morgan fingerprint density at radius 3 is 2.82 bits per heavy atom. The molecule has 0 saturated heterocycles. The maximum Gasteiger partial charge on any atom is 0.321 e. The summed E-state index contributed by atoms with van der Waals surface area (Å²) in [5.41, 5.74) is 0. The van der Waals surface area contributed by atoms with Crippen molar-refractivity contribution in [2.24, 2.45) is 5.92 Å². The predicted molar refractivity (Wildman–Crippen MR) is 89.1 cm³/mol. The van der Waals surface area contributed by atoms with Crippen LogP contribution in [0.1, 0.15) is 20.8 Å². The van der Waals surface area contributed by atoms with Crippen LogP contribution in [0.15, 0.2) is 22.8 Å². The highest BCUT2D eigenvalue weighted by atomic mass is 32.2. The Labute approximate surface area is 137 Å². The van der Waals surface area contributed by atoms with Crippen LogP contribution in [0.3, 0.4) is 0 Å². The van der Waals surface area contributed by atoms with Gasteiger partial charge in [0.15, 0.2) is 0 Å². The van der Waals surface area contributed by atoms with E-state index in [1.165, 1.54) is 29.4 Å². The third-order valence-electron chi connectivity index (χ3n) is 2.79. The summed E-state index contributed by atoms with van der Waals surface area (Å²) in [5.74, 6) is -0.00575. The first-order valence-electron chi connectivity index (χ1n) is 6.91. The van der Waals surface area contributed by atoms with Crippen LogP contribution in [0.4, 0.5) is 4.79 Å². The zero-order valence-electron chi connectivity index (χ0n) is 12.6. The molecular weight excluding hydrogens is 320 g/mol. The fourth-order valence-corrected chi connectivity index (χ4v) is 3.33. The summed E-state index contributed by atoms with van der Waals surface area (Å²) in [6.07, 6.45) is 1.49. The number of thioether (sulfide) groups is 1.